The number of hydrogen-bond donors (Lipinski definition) is 1. The standard InChI is InChI=1S/C15H19N3O2S/c16-11-5-6-14-13(8-11)17-15(10-3-4-10)18(14)9-12-2-1-7-21(12,19)20/h5-6,8,10,12H,1-4,7,9,16H2. The molecule has 2 aliphatic rings. The van der Waals surface area contributed by atoms with E-state index in [4.69, 9.17) is 10.7 Å². The second-order valence-corrected chi connectivity index (χ2v) is 8.63. The van der Waals surface area contributed by atoms with Crippen molar-refractivity contribution in [2.75, 3.05) is 11.5 Å². The van der Waals surface area contributed by atoms with Gasteiger partial charge >= 0.3 is 0 Å². The molecule has 1 atom stereocenters. The molecule has 112 valence electrons. The molecular weight excluding hydrogens is 286 g/mol. The van der Waals surface area contributed by atoms with Crippen LogP contribution in [-0.4, -0.2) is 29.0 Å². The van der Waals surface area contributed by atoms with Gasteiger partial charge in [0, 0.05) is 18.2 Å². The van der Waals surface area contributed by atoms with Crippen LogP contribution in [0.2, 0.25) is 0 Å². The van der Waals surface area contributed by atoms with Crippen LogP contribution in [0.25, 0.3) is 11.0 Å². The van der Waals surface area contributed by atoms with Gasteiger partial charge in [0.25, 0.3) is 0 Å². The van der Waals surface area contributed by atoms with E-state index in [1.807, 2.05) is 18.2 Å². The molecule has 2 heterocycles. The number of sulfone groups is 1. The Labute approximate surface area is 124 Å². The number of nitrogens with zero attached hydrogens (tertiary/aromatic N) is 2. The van der Waals surface area contributed by atoms with Crippen LogP contribution in [0.4, 0.5) is 5.69 Å². The Morgan fingerprint density at radius 3 is 2.76 bits per heavy atom. The smallest absolute Gasteiger partial charge is 0.154 e. The van der Waals surface area contributed by atoms with E-state index < -0.39 is 9.84 Å². The quantitative estimate of drug-likeness (QED) is 0.881. The number of nitrogens with two attached hydrogens (primary N) is 1. The first-order valence-corrected chi connectivity index (χ1v) is 9.23. The van der Waals surface area contributed by atoms with E-state index in [0.29, 0.717) is 23.9 Å². The van der Waals surface area contributed by atoms with Gasteiger partial charge in [-0.15, -0.1) is 0 Å². The first kappa shape index (κ1) is 13.1. The Bertz CT molecular complexity index is 806. The second-order valence-electron chi connectivity index (χ2n) is 6.23. The highest BCUT2D eigenvalue weighted by Gasteiger charge is 2.35. The van der Waals surface area contributed by atoms with E-state index in [-0.39, 0.29) is 5.25 Å². The van der Waals surface area contributed by atoms with Crippen molar-refractivity contribution >= 4 is 26.6 Å². The van der Waals surface area contributed by atoms with Crippen LogP contribution < -0.4 is 5.73 Å². The molecule has 1 aliphatic carbocycles. The molecule has 1 unspecified atom stereocenters. The zero-order valence-electron chi connectivity index (χ0n) is 11.8. The highest BCUT2D eigenvalue weighted by atomic mass is 32.2. The lowest BCUT2D eigenvalue weighted by Gasteiger charge is -2.14. The Balaban J connectivity index is 1.81. The summed E-state index contributed by atoms with van der Waals surface area (Å²) in [6.45, 7) is 0.536. The number of nitrogen functional groups attached to an aromatic ring is 1. The summed E-state index contributed by atoms with van der Waals surface area (Å²) in [5, 5.41) is -0.259. The van der Waals surface area contributed by atoms with Gasteiger partial charge in [-0.1, -0.05) is 0 Å². The summed E-state index contributed by atoms with van der Waals surface area (Å²) in [5.74, 6) is 1.86. The minimum absolute atomic E-state index is 0.259. The Kier molecular flexibility index (Phi) is 2.79. The highest BCUT2D eigenvalue weighted by Crippen LogP contribution is 2.41. The first-order valence-electron chi connectivity index (χ1n) is 7.52. The molecule has 0 amide bonds. The molecule has 0 radical (unpaired) electrons. The minimum Gasteiger partial charge on any atom is -0.399 e. The van der Waals surface area contributed by atoms with Gasteiger partial charge in [-0.3, -0.25) is 0 Å². The summed E-state index contributed by atoms with van der Waals surface area (Å²) < 4.78 is 26.4. The van der Waals surface area contributed by atoms with Gasteiger partial charge in [0.1, 0.15) is 5.82 Å². The average molecular weight is 305 g/mol. The third-order valence-electron chi connectivity index (χ3n) is 4.59. The number of benzene rings is 1. The van der Waals surface area contributed by atoms with Gasteiger partial charge in [0.2, 0.25) is 0 Å². The van der Waals surface area contributed by atoms with Crippen molar-refractivity contribution in [2.45, 2.75) is 43.4 Å². The summed E-state index contributed by atoms with van der Waals surface area (Å²) in [5.41, 5.74) is 8.42. The van der Waals surface area contributed by atoms with Crippen molar-refractivity contribution in [2.24, 2.45) is 0 Å². The molecule has 0 spiro atoms. The lowest BCUT2D eigenvalue weighted by Crippen LogP contribution is -2.23. The molecule has 6 heteroatoms. The van der Waals surface area contributed by atoms with Gasteiger partial charge in [-0.2, -0.15) is 0 Å². The second kappa shape index (κ2) is 4.47. The fourth-order valence-corrected chi connectivity index (χ4v) is 5.08. The zero-order chi connectivity index (χ0) is 14.6. The van der Waals surface area contributed by atoms with Crippen LogP contribution in [0.3, 0.4) is 0 Å². The minimum atomic E-state index is -2.94. The number of imidazole rings is 1. The molecule has 21 heavy (non-hydrogen) atoms. The van der Waals surface area contributed by atoms with Crippen molar-refractivity contribution < 1.29 is 8.42 Å². The molecule has 1 saturated carbocycles. The third kappa shape index (κ3) is 2.21. The average Bonchev–Trinajstić information content (AvgIpc) is 3.13. The lowest BCUT2D eigenvalue weighted by atomic mass is 10.2. The molecule has 2 fully saturated rings. The van der Waals surface area contributed by atoms with Crippen molar-refractivity contribution in [1.29, 1.82) is 0 Å². The first-order chi connectivity index (χ1) is 10.0. The summed E-state index contributed by atoms with van der Waals surface area (Å²) in [6, 6.07) is 5.70. The number of aromatic nitrogens is 2. The van der Waals surface area contributed by atoms with Crippen LogP contribution >= 0.6 is 0 Å². The van der Waals surface area contributed by atoms with Crippen LogP contribution in [0, 0.1) is 0 Å². The molecule has 1 saturated heterocycles. The predicted molar refractivity (Wildman–Crippen MR) is 82.9 cm³/mol. The molecule has 1 aliphatic heterocycles. The van der Waals surface area contributed by atoms with E-state index >= 15 is 0 Å². The van der Waals surface area contributed by atoms with Gasteiger partial charge in [-0.05, 0) is 43.9 Å². The van der Waals surface area contributed by atoms with Crippen LogP contribution in [0.15, 0.2) is 18.2 Å². The number of rotatable bonds is 3. The maximum atomic E-state index is 12.1. The lowest BCUT2D eigenvalue weighted by molar-refractivity contribution is 0.563. The summed E-state index contributed by atoms with van der Waals surface area (Å²) in [4.78, 5) is 4.71. The van der Waals surface area contributed by atoms with E-state index in [9.17, 15) is 8.42 Å². The molecular formula is C15H19N3O2S. The fraction of sp³-hybridized carbons (Fsp3) is 0.533. The predicted octanol–water partition coefficient (Wildman–Crippen LogP) is 2.07. The number of hydrogen-bond acceptors (Lipinski definition) is 4. The summed E-state index contributed by atoms with van der Waals surface area (Å²) in [6.07, 6.45) is 3.85. The molecule has 2 N–H and O–H groups in total. The van der Waals surface area contributed by atoms with Gasteiger partial charge < -0.3 is 10.3 Å². The largest absolute Gasteiger partial charge is 0.399 e. The van der Waals surface area contributed by atoms with E-state index in [1.54, 1.807) is 0 Å². The van der Waals surface area contributed by atoms with E-state index in [1.165, 1.54) is 0 Å². The van der Waals surface area contributed by atoms with E-state index in [2.05, 4.69) is 4.57 Å². The highest BCUT2D eigenvalue weighted by molar-refractivity contribution is 7.92. The topological polar surface area (TPSA) is 78.0 Å². The van der Waals surface area contributed by atoms with Crippen molar-refractivity contribution in [3.05, 3.63) is 24.0 Å². The van der Waals surface area contributed by atoms with Gasteiger partial charge in [0.05, 0.1) is 22.0 Å². The van der Waals surface area contributed by atoms with Crippen LogP contribution in [0.1, 0.15) is 37.4 Å². The van der Waals surface area contributed by atoms with Crippen LogP contribution in [0.5, 0.6) is 0 Å². The molecule has 2 aromatic rings. The normalized spacial score (nSPS) is 24.7. The monoisotopic (exact) mass is 305 g/mol. The van der Waals surface area contributed by atoms with Crippen molar-refractivity contribution in [1.82, 2.24) is 9.55 Å². The molecule has 1 aromatic carbocycles. The summed E-state index contributed by atoms with van der Waals surface area (Å²) in [7, 11) is -2.94. The molecule has 0 bridgehead atoms. The molecule has 1 aromatic heterocycles. The number of anilines is 1. The fourth-order valence-electron chi connectivity index (χ4n) is 3.28. The van der Waals surface area contributed by atoms with Gasteiger partial charge in [0.15, 0.2) is 9.84 Å². The zero-order valence-corrected chi connectivity index (χ0v) is 12.6. The van der Waals surface area contributed by atoms with E-state index in [0.717, 1.165) is 42.5 Å². The Hall–Kier alpha value is -1.56. The van der Waals surface area contributed by atoms with Crippen molar-refractivity contribution in [3.8, 4) is 0 Å². The van der Waals surface area contributed by atoms with Crippen molar-refractivity contribution in [3.63, 3.8) is 0 Å². The van der Waals surface area contributed by atoms with Crippen LogP contribution in [-0.2, 0) is 16.4 Å². The molecule has 4 rings (SSSR count). The Morgan fingerprint density at radius 1 is 1.29 bits per heavy atom. The number of fused-ring (bicyclic) bond motifs is 1. The van der Waals surface area contributed by atoms with Gasteiger partial charge in [-0.25, -0.2) is 13.4 Å². The molecule has 5 nitrogen and oxygen atoms in total. The maximum absolute atomic E-state index is 12.1. The Morgan fingerprint density at radius 2 is 2.10 bits per heavy atom. The maximum Gasteiger partial charge on any atom is 0.154 e. The third-order valence-corrected chi connectivity index (χ3v) is 6.85. The SMILES string of the molecule is Nc1ccc2c(c1)nc(C1CC1)n2CC1CCCS1(=O)=O. The summed E-state index contributed by atoms with van der Waals surface area (Å²) >= 11 is 0.